The molecular formula is C16H22O2S. The fourth-order valence-electron chi connectivity index (χ4n) is 2.69. The molecule has 0 amide bonds. The molecule has 1 atom stereocenters. The van der Waals surface area contributed by atoms with Crippen LogP contribution in [0.5, 0.6) is 0 Å². The van der Waals surface area contributed by atoms with Crippen LogP contribution in [-0.2, 0) is 10.8 Å². The summed E-state index contributed by atoms with van der Waals surface area (Å²) in [5.41, 5.74) is 0.768. The maximum atomic E-state index is 11.9. The normalized spacial score (nSPS) is 17.5. The van der Waals surface area contributed by atoms with Crippen LogP contribution in [0.15, 0.2) is 30.3 Å². The lowest BCUT2D eigenvalue weighted by molar-refractivity contribution is 0.0982. The Morgan fingerprint density at radius 3 is 2.53 bits per heavy atom. The zero-order valence-corrected chi connectivity index (χ0v) is 12.2. The molecule has 1 fully saturated rings. The van der Waals surface area contributed by atoms with Gasteiger partial charge in [-0.1, -0.05) is 43.2 Å². The number of hydrogen-bond donors (Lipinski definition) is 0. The first-order valence-electron chi connectivity index (χ1n) is 7.19. The van der Waals surface area contributed by atoms with Crippen LogP contribution in [0.3, 0.4) is 0 Å². The fourth-order valence-corrected chi connectivity index (χ4v) is 4.18. The van der Waals surface area contributed by atoms with Crippen LogP contribution < -0.4 is 0 Å². The molecule has 1 saturated carbocycles. The average molecular weight is 278 g/mol. The van der Waals surface area contributed by atoms with Crippen molar-refractivity contribution < 1.29 is 9.00 Å². The van der Waals surface area contributed by atoms with Gasteiger partial charge in [0, 0.05) is 34.3 Å². The molecule has 2 nitrogen and oxygen atoms in total. The molecular weight excluding hydrogens is 256 g/mol. The third-order valence-corrected chi connectivity index (χ3v) is 5.36. The van der Waals surface area contributed by atoms with E-state index in [9.17, 15) is 9.00 Å². The summed E-state index contributed by atoms with van der Waals surface area (Å²) < 4.78 is 11.9. The summed E-state index contributed by atoms with van der Waals surface area (Å²) in [5, 5.41) is 0. The van der Waals surface area contributed by atoms with E-state index in [0.717, 1.165) is 17.7 Å². The molecule has 1 aliphatic rings. The number of hydrogen-bond acceptors (Lipinski definition) is 2. The molecule has 0 aliphatic heterocycles. The van der Waals surface area contributed by atoms with Crippen molar-refractivity contribution in [1.82, 2.24) is 0 Å². The minimum Gasteiger partial charge on any atom is -0.294 e. The Hall–Kier alpha value is -0.960. The lowest BCUT2D eigenvalue weighted by Crippen LogP contribution is -2.11. The first kappa shape index (κ1) is 14.4. The minimum absolute atomic E-state index is 0.165. The predicted molar refractivity (Wildman–Crippen MR) is 79.8 cm³/mol. The Morgan fingerprint density at radius 2 is 1.84 bits per heavy atom. The number of benzene rings is 1. The molecule has 0 aromatic heterocycles. The second kappa shape index (κ2) is 7.59. The molecule has 19 heavy (non-hydrogen) atoms. The van der Waals surface area contributed by atoms with Gasteiger partial charge in [-0.25, -0.2) is 0 Å². The molecule has 2 rings (SSSR count). The van der Waals surface area contributed by atoms with Crippen molar-refractivity contribution in [2.45, 2.75) is 38.5 Å². The van der Waals surface area contributed by atoms with Crippen LogP contribution >= 0.6 is 0 Å². The molecule has 1 aromatic rings. The fraction of sp³-hybridized carbons (Fsp3) is 0.562. The van der Waals surface area contributed by atoms with Crippen molar-refractivity contribution >= 4 is 16.6 Å². The second-order valence-electron chi connectivity index (χ2n) is 5.35. The molecule has 104 valence electrons. The zero-order valence-electron chi connectivity index (χ0n) is 11.3. The molecule has 0 spiro atoms. The van der Waals surface area contributed by atoms with E-state index < -0.39 is 10.8 Å². The highest BCUT2D eigenvalue weighted by Gasteiger charge is 2.17. The number of ketones is 1. The SMILES string of the molecule is O=C(CCCS(=O)CC1CCCC1)c1ccccc1. The lowest BCUT2D eigenvalue weighted by Gasteiger charge is -2.08. The monoisotopic (exact) mass is 278 g/mol. The van der Waals surface area contributed by atoms with Crippen LogP contribution in [-0.4, -0.2) is 21.5 Å². The number of rotatable bonds is 7. The Bertz CT molecular complexity index is 422. The Balaban J connectivity index is 1.65. The van der Waals surface area contributed by atoms with Crippen LogP contribution in [0, 0.1) is 5.92 Å². The van der Waals surface area contributed by atoms with E-state index in [0.29, 0.717) is 18.1 Å². The highest BCUT2D eigenvalue weighted by Crippen LogP contribution is 2.25. The first-order valence-corrected chi connectivity index (χ1v) is 8.68. The Labute approximate surface area is 118 Å². The Kier molecular flexibility index (Phi) is 5.77. The molecule has 0 radical (unpaired) electrons. The van der Waals surface area contributed by atoms with Crippen molar-refractivity contribution in [3.63, 3.8) is 0 Å². The summed E-state index contributed by atoms with van der Waals surface area (Å²) in [6, 6.07) is 9.36. The topological polar surface area (TPSA) is 34.1 Å². The lowest BCUT2D eigenvalue weighted by atomic mass is 10.1. The van der Waals surface area contributed by atoms with Crippen molar-refractivity contribution in [3.8, 4) is 0 Å². The first-order chi connectivity index (χ1) is 9.25. The maximum absolute atomic E-state index is 11.9. The van der Waals surface area contributed by atoms with Crippen LogP contribution in [0.25, 0.3) is 0 Å². The second-order valence-corrected chi connectivity index (χ2v) is 6.98. The van der Waals surface area contributed by atoms with Crippen LogP contribution in [0.1, 0.15) is 48.9 Å². The standard InChI is InChI=1S/C16H22O2S/c17-16(15-9-2-1-3-10-15)11-6-12-19(18)13-14-7-4-5-8-14/h1-3,9-10,14H,4-8,11-13H2. The molecule has 1 aliphatic carbocycles. The molecule has 3 heteroatoms. The molecule has 1 unspecified atom stereocenters. The van der Waals surface area contributed by atoms with E-state index in [2.05, 4.69) is 0 Å². The van der Waals surface area contributed by atoms with E-state index in [1.54, 1.807) is 0 Å². The molecule has 1 aromatic carbocycles. The third-order valence-electron chi connectivity index (χ3n) is 3.77. The zero-order chi connectivity index (χ0) is 13.5. The number of Topliss-reactive ketones (excluding diaryl/α,β-unsaturated/α-hetero) is 1. The average Bonchev–Trinajstić information content (AvgIpc) is 2.92. The van der Waals surface area contributed by atoms with Gasteiger partial charge in [0.25, 0.3) is 0 Å². The summed E-state index contributed by atoms with van der Waals surface area (Å²) in [6.45, 7) is 0. The highest BCUT2D eigenvalue weighted by molar-refractivity contribution is 7.84. The van der Waals surface area contributed by atoms with Crippen molar-refractivity contribution in [2.75, 3.05) is 11.5 Å². The smallest absolute Gasteiger partial charge is 0.162 e. The van der Waals surface area contributed by atoms with Gasteiger partial charge < -0.3 is 0 Å². The van der Waals surface area contributed by atoms with Gasteiger partial charge in [0.05, 0.1) is 0 Å². The van der Waals surface area contributed by atoms with Gasteiger partial charge in [-0.3, -0.25) is 9.00 Å². The maximum Gasteiger partial charge on any atom is 0.162 e. The Morgan fingerprint density at radius 1 is 1.16 bits per heavy atom. The quantitative estimate of drug-likeness (QED) is 0.714. The summed E-state index contributed by atoms with van der Waals surface area (Å²) in [5.74, 6) is 2.36. The van der Waals surface area contributed by atoms with E-state index in [4.69, 9.17) is 0 Å². The summed E-state index contributed by atoms with van der Waals surface area (Å²) in [4.78, 5) is 11.9. The van der Waals surface area contributed by atoms with E-state index in [1.165, 1.54) is 25.7 Å². The van der Waals surface area contributed by atoms with Gasteiger partial charge in [-0.2, -0.15) is 0 Å². The summed E-state index contributed by atoms with van der Waals surface area (Å²) >= 11 is 0. The van der Waals surface area contributed by atoms with Gasteiger partial charge in [0.15, 0.2) is 5.78 Å². The molecule has 0 saturated heterocycles. The number of carbonyl (C=O) groups excluding carboxylic acids is 1. The van der Waals surface area contributed by atoms with Crippen molar-refractivity contribution in [3.05, 3.63) is 35.9 Å². The minimum atomic E-state index is -0.735. The number of carbonyl (C=O) groups is 1. The van der Waals surface area contributed by atoms with Crippen LogP contribution in [0.4, 0.5) is 0 Å². The van der Waals surface area contributed by atoms with E-state index >= 15 is 0 Å². The van der Waals surface area contributed by atoms with Gasteiger partial charge >= 0.3 is 0 Å². The van der Waals surface area contributed by atoms with E-state index in [-0.39, 0.29) is 5.78 Å². The van der Waals surface area contributed by atoms with Gasteiger partial charge in [-0.15, -0.1) is 0 Å². The van der Waals surface area contributed by atoms with Crippen LogP contribution in [0.2, 0.25) is 0 Å². The van der Waals surface area contributed by atoms with E-state index in [1.807, 2.05) is 30.3 Å². The van der Waals surface area contributed by atoms with Crippen molar-refractivity contribution in [1.29, 1.82) is 0 Å². The largest absolute Gasteiger partial charge is 0.294 e. The highest BCUT2D eigenvalue weighted by atomic mass is 32.2. The molecule has 0 bridgehead atoms. The van der Waals surface area contributed by atoms with Gasteiger partial charge in [0.1, 0.15) is 0 Å². The summed E-state index contributed by atoms with van der Waals surface area (Å²) in [7, 11) is -0.735. The van der Waals surface area contributed by atoms with Gasteiger partial charge in [-0.05, 0) is 25.2 Å². The summed E-state index contributed by atoms with van der Waals surface area (Å²) in [6.07, 6.45) is 6.35. The van der Waals surface area contributed by atoms with Gasteiger partial charge in [0.2, 0.25) is 0 Å². The predicted octanol–water partition coefficient (Wildman–Crippen LogP) is 3.59. The molecule has 0 N–H and O–H groups in total. The van der Waals surface area contributed by atoms with Crippen molar-refractivity contribution in [2.24, 2.45) is 5.92 Å². The third kappa shape index (κ3) is 4.90. The molecule has 0 heterocycles.